The van der Waals surface area contributed by atoms with Gasteiger partial charge in [-0.15, -0.1) is 0 Å². The molecule has 1 aliphatic heterocycles. The first-order chi connectivity index (χ1) is 8.93. The van der Waals surface area contributed by atoms with E-state index in [2.05, 4.69) is 5.43 Å². The average molecular weight is 301 g/mol. The van der Waals surface area contributed by atoms with Gasteiger partial charge in [0.25, 0.3) is 11.8 Å². The van der Waals surface area contributed by atoms with Crippen molar-refractivity contribution in [2.24, 2.45) is 11.8 Å². The first kappa shape index (κ1) is 14.2. The van der Waals surface area contributed by atoms with Crippen LogP contribution in [0.15, 0.2) is 18.2 Å². The molecule has 1 saturated heterocycles. The van der Waals surface area contributed by atoms with Crippen molar-refractivity contribution < 1.29 is 9.59 Å². The topological polar surface area (TPSA) is 49.4 Å². The van der Waals surface area contributed by atoms with Crippen LogP contribution in [0.5, 0.6) is 0 Å². The maximum absolute atomic E-state index is 12.3. The minimum Gasteiger partial charge on any atom is -0.272 e. The molecule has 0 bridgehead atoms. The molecule has 2 rings (SSSR count). The molecule has 102 valence electrons. The maximum atomic E-state index is 12.3. The van der Waals surface area contributed by atoms with Gasteiger partial charge in [-0.3, -0.25) is 15.0 Å². The molecule has 4 nitrogen and oxygen atoms in total. The van der Waals surface area contributed by atoms with Crippen molar-refractivity contribution >= 4 is 40.7 Å². The molecular formula is C13H14Cl2N2O2. The molecule has 2 amide bonds. The van der Waals surface area contributed by atoms with Gasteiger partial charge in [-0.25, -0.2) is 5.01 Å². The number of benzene rings is 1. The van der Waals surface area contributed by atoms with Gasteiger partial charge < -0.3 is 0 Å². The lowest BCUT2D eigenvalue weighted by Gasteiger charge is -2.17. The van der Waals surface area contributed by atoms with Crippen LogP contribution in [0.3, 0.4) is 0 Å². The fourth-order valence-electron chi connectivity index (χ4n) is 2.08. The molecule has 0 radical (unpaired) electrons. The SMILES string of the molecule is CCC(C)C1C(=O)NN(c2cc(Cl)cc(Cl)c2)C1=O. The molecule has 0 spiro atoms. The zero-order chi connectivity index (χ0) is 14.2. The van der Waals surface area contributed by atoms with Crippen LogP contribution in [0.1, 0.15) is 20.3 Å². The summed E-state index contributed by atoms with van der Waals surface area (Å²) in [5.74, 6) is -1.21. The van der Waals surface area contributed by atoms with Crippen molar-refractivity contribution in [1.82, 2.24) is 5.43 Å². The molecule has 19 heavy (non-hydrogen) atoms. The summed E-state index contributed by atoms with van der Waals surface area (Å²) < 4.78 is 0. The largest absolute Gasteiger partial charge is 0.272 e. The van der Waals surface area contributed by atoms with Crippen molar-refractivity contribution in [3.8, 4) is 0 Å². The van der Waals surface area contributed by atoms with E-state index in [0.29, 0.717) is 15.7 Å². The van der Waals surface area contributed by atoms with Crippen LogP contribution in [-0.4, -0.2) is 11.8 Å². The molecule has 1 aliphatic rings. The van der Waals surface area contributed by atoms with Crippen LogP contribution < -0.4 is 10.4 Å². The molecule has 1 aromatic rings. The van der Waals surface area contributed by atoms with E-state index in [1.807, 2.05) is 13.8 Å². The number of hydrazine groups is 1. The van der Waals surface area contributed by atoms with Crippen molar-refractivity contribution in [2.75, 3.05) is 5.01 Å². The molecule has 0 aromatic heterocycles. The van der Waals surface area contributed by atoms with Gasteiger partial charge in [0.2, 0.25) is 0 Å². The average Bonchev–Trinajstić information content (AvgIpc) is 2.63. The molecular weight excluding hydrogens is 287 g/mol. The summed E-state index contributed by atoms with van der Waals surface area (Å²) in [7, 11) is 0. The third-order valence-corrected chi connectivity index (χ3v) is 3.75. The lowest BCUT2D eigenvalue weighted by Crippen LogP contribution is -2.35. The van der Waals surface area contributed by atoms with E-state index in [4.69, 9.17) is 23.2 Å². The number of anilines is 1. The number of carbonyl (C=O) groups is 2. The zero-order valence-electron chi connectivity index (χ0n) is 10.6. The van der Waals surface area contributed by atoms with Gasteiger partial charge in [0, 0.05) is 10.0 Å². The second kappa shape index (κ2) is 5.39. The Morgan fingerprint density at radius 1 is 1.26 bits per heavy atom. The van der Waals surface area contributed by atoms with E-state index in [9.17, 15) is 9.59 Å². The molecule has 1 heterocycles. The van der Waals surface area contributed by atoms with E-state index in [0.717, 1.165) is 6.42 Å². The number of nitrogens with zero attached hydrogens (tertiary/aromatic N) is 1. The molecule has 1 fully saturated rings. The molecule has 1 N–H and O–H groups in total. The molecule has 2 atom stereocenters. The van der Waals surface area contributed by atoms with Crippen LogP contribution in [0.4, 0.5) is 5.69 Å². The first-order valence-corrected chi connectivity index (χ1v) is 6.80. The van der Waals surface area contributed by atoms with Crippen molar-refractivity contribution in [2.45, 2.75) is 20.3 Å². The summed E-state index contributed by atoms with van der Waals surface area (Å²) in [5.41, 5.74) is 3.04. The number of hydrogen-bond acceptors (Lipinski definition) is 2. The Labute approximate surface area is 121 Å². The Kier molecular flexibility index (Phi) is 4.02. The van der Waals surface area contributed by atoms with Crippen LogP contribution in [-0.2, 0) is 9.59 Å². The Balaban J connectivity index is 2.32. The summed E-state index contributed by atoms with van der Waals surface area (Å²) in [6.07, 6.45) is 0.758. The van der Waals surface area contributed by atoms with Gasteiger partial charge in [-0.2, -0.15) is 0 Å². The molecule has 0 aliphatic carbocycles. The van der Waals surface area contributed by atoms with Gasteiger partial charge in [-0.1, -0.05) is 43.5 Å². The highest BCUT2D eigenvalue weighted by molar-refractivity contribution is 6.35. The second-order valence-electron chi connectivity index (χ2n) is 4.64. The summed E-state index contributed by atoms with van der Waals surface area (Å²) in [5, 5.41) is 2.05. The number of halogens is 2. The summed E-state index contributed by atoms with van der Waals surface area (Å²) in [6.45, 7) is 3.83. The standard InChI is InChI=1S/C13H14Cl2N2O2/c1-3-7(2)11-12(18)16-17(13(11)19)10-5-8(14)4-9(15)6-10/h4-7,11H,3H2,1-2H3,(H,16,18). The Morgan fingerprint density at radius 3 is 2.37 bits per heavy atom. The number of hydrogen-bond donors (Lipinski definition) is 1. The van der Waals surface area contributed by atoms with E-state index in [1.54, 1.807) is 18.2 Å². The van der Waals surface area contributed by atoms with Crippen LogP contribution in [0, 0.1) is 11.8 Å². The molecule has 2 unspecified atom stereocenters. The minimum absolute atomic E-state index is 0.00726. The smallest absolute Gasteiger partial charge is 0.258 e. The number of carbonyl (C=O) groups excluding carboxylic acids is 2. The Morgan fingerprint density at radius 2 is 1.84 bits per heavy atom. The van der Waals surface area contributed by atoms with Crippen LogP contribution >= 0.6 is 23.2 Å². The van der Waals surface area contributed by atoms with Gasteiger partial charge >= 0.3 is 0 Å². The van der Waals surface area contributed by atoms with E-state index in [-0.39, 0.29) is 17.7 Å². The second-order valence-corrected chi connectivity index (χ2v) is 5.51. The van der Waals surface area contributed by atoms with E-state index in [1.165, 1.54) is 5.01 Å². The highest BCUT2D eigenvalue weighted by atomic mass is 35.5. The van der Waals surface area contributed by atoms with Crippen molar-refractivity contribution in [3.05, 3.63) is 28.2 Å². The van der Waals surface area contributed by atoms with Crippen LogP contribution in [0.2, 0.25) is 10.0 Å². The fourth-order valence-corrected chi connectivity index (χ4v) is 2.60. The number of nitrogens with one attached hydrogen (secondary N) is 1. The third-order valence-electron chi connectivity index (χ3n) is 3.31. The normalized spacial score (nSPS) is 20.6. The maximum Gasteiger partial charge on any atom is 0.258 e. The first-order valence-electron chi connectivity index (χ1n) is 6.04. The van der Waals surface area contributed by atoms with Gasteiger partial charge in [-0.05, 0) is 24.1 Å². The van der Waals surface area contributed by atoms with Gasteiger partial charge in [0.1, 0.15) is 5.92 Å². The predicted octanol–water partition coefficient (Wildman–Crippen LogP) is 3.03. The monoisotopic (exact) mass is 300 g/mol. The Bertz CT molecular complexity index is 513. The lowest BCUT2D eigenvalue weighted by molar-refractivity contribution is -0.129. The van der Waals surface area contributed by atoms with E-state index < -0.39 is 5.92 Å². The van der Waals surface area contributed by atoms with E-state index >= 15 is 0 Å². The summed E-state index contributed by atoms with van der Waals surface area (Å²) in [6, 6.07) is 4.75. The van der Waals surface area contributed by atoms with Crippen molar-refractivity contribution in [3.63, 3.8) is 0 Å². The predicted molar refractivity (Wildman–Crippen MR) is 75.0 cm³/mol. The minimum atomic E-state index is -0.650. The zero-order valence-corrected chi connectivity index (χ0v) is 12.1. The van der Waals surface area contributed by atoms with Gasteiger partial charge in [0.15, 0.2) is 0 Å². The lowest BCUT2D eigenvalue weighted by atomic mass is 9.91. The highest BCUT2D eigenvalue weighted by Gasteiger charge is 2.42. The summed E-state index contributed by atoms with van der Waals surface area (Å²) in [4.78, 5) is 24.2. The number of amides is 2. The van der Waals surface area contributed by atoms with Crippen LogP contribution in [0.25, 0.3) is 0 Å². The molecule has 0 saturated carbocycles. The Hall–Kier alpha value is -1.26. The fraction of sp³-hybridized carbons (Fsp3) is 0.385. The quantitative estimate of drug-likeness (QED) is 0.872. The van der Waals surface area contributed by atoms with Gasteiger partial charge in [0.05, 0.1) is 5.69 Å². The molecule has 6 heteroatoms. The third kappa shape index (κ3) is 2.69. The van der Waals surface area contributed by atoms with Crippen molar-refractivity contribution in [1.29, 1.82) is 0 Å². The highest BCUT2D eigenvalue weighted by Crippen LogP contribution is 2.30. The summed E-state index contributed by atoms with van der Waals surface area (Å²) >= 11 is 11.8. The number of rotatable bonds is 3. The molecule has 1 aromatic carbocycles.